The minimum Gasteiger partial charge on any atom is -0.590 e. The Hall–Kier alpha value is -2.40. The van der Waals surface area contributed by atoms with Gasteiger partial charge in [0.15, 0.2) is 30.4 Å². The number of unbranched alkanes of at least 4 members (excludes halogenated alkanes) is 2. The number of aryl methyl sites for hydroxylation is 4. The molecule has 39 heavy (non-hydrogen) atoms. The Balaban J connectivity index is 1.98. The number of hydrogen-bond donors (Lipinski definition) is 2. The summed E-state index contributed by atoms with van der Waals surface area (Å²) in [5, 5.41) is 18.5. The predicted molar refractivity (Wildman–Crippen MR) is 153 cm³/mol. The molecule has 0 aromatic carbocycles. The molecule has 8 nitrogen and oxygen atoms in total. The Morgan fingerprint density at radius 2 is 0.897 bits per heavy atom. The first-order valence-corrected chi connectivity index (χ1v) is 15.6. The summed E-state index contributed by atoms with van der Waals surface area (Å²) in [4.78, 5) is 49.1. The molecule has 2 rings (SSSR count). The van der Waals surface area contributed by atoms with Crippen LogP contribution in [0.15, 0.2) is 33.9 Å². The Kier molecular flexibility index (Phi) is 12.0. The predicted octanol–water partition coefficient (Wildman–Crippen LogP) is 5.68. The fourth-order valence-corrected chi connectivity index (χ4v) is 7.20. The largest absolute Gasteiger partial charge is 0.590 e. The van der Waals surface area contributed by atoms with E-state index in [1.54, 1.807) is 27.7 Å². The van der Waals surface area contributed by atoms with Crippen molar-refractivity contribution in [3.8, 4) is 0 Å². The van der Waals surface area contributed by atoms with E-state index in [0.29, 0.717) is 90.1 Å². The van der Waals surface area contributed by atoms with Gasteiger partial charge < -0.3 is 19.3 Å². The highest BCUT2D eigenvalue weighted by atomic mass is 32.2. The van der Waals surface area contributed by atoms with Gasteiger partial charge in [-0.2, -0.15) is 0 Å². The zero-order chi connectivity index (χ0) is 29.4. The number of carboxylic acids is 2. The van der Waals surface area contributed by atoms with Crippen LogP contribution in [0, 0.1) is 10.8 Å². The van der Waals surface area contributed by atoms with E-state index in [1.165, 1.54) is 24.3 Å². The van der Waals surface area contributed by atoms with Gasteiger partial charge in [-0.25, -0.2) is 0 Å². The second-order valence-electron chi connectivity index (χ2n) is 11.4. The van der Waals surface area contributed by atoms with E-state index in [-0.39, 0.29) is 10.9 Å². The van der Waals surface area contributed by atoms with Crippen molar-refractivity contribution in [2.45, 2.75) is 98.3 Å². The van der Waals surface area contributed by atoms with Gasteiger partial charge >= 0.3 is 11.9 Å². The van der Waals surface area contributed by atoms with Gasteiger partial charge in [-0.1, -0.05) is 12.8 Å². The van der Waals surface area contributed by atoms with Gasteiger partial charge in [-0.15, -0.1) is 0 Å². The highest BCUT2D eigenvalue weighted by Gasteiger charge is 2.27. The molecule has 2 atom stereocenters. The molecule has 2 unspecified atom stereocenters. The van der Waals surface area contributed by atoms with Crippen LogP contribution >= 0.6 is 21.5 Å². The highest BCUT2D eigenvalue weighted by molar-refractivity contribution is 7.25. The van der Waals surface area contributed by atoms with Gasteiger partial charge in [0, 0.05) is 49.9 Å². The normalized spacial score (nSPS) is 13.0. The van der Waals surface area contributed by atoms with Gasteiger partial charge in [0.2, 0.25) is 0 Å². The lowest BCUT2D eigenvalue weighted by Gasteiger charge is -2.18. The molecule has 2 aromatic heterocycles. The van der Waals surface area contributed by atoms with Crippen molar-refractivity contribution in [2.24, 2.45) is 10.8 Å². The Bertz CT molecular complexity index is 1180. The lowest BCUT2D eigenvalue weighted by molar-refractivity contribution is -0.148. The van der Waals surface area contributed by atoms with Crippen LogP contribution in [-0.2, 0) is 35.3 Å². The van der Waals surface area contributed by atoms with Crippen LogP contribution < -0.4 is 10.9 Å². The molecule has 0 fully saturated rings. The van der Waals surface area contributed by atoms with Crippen LogP contribution in [-0.4, -0.2) is 31.3 Å². The molecular weight excluding hydrogens is 540 g/mol. The summed E-state index contributed by atoms with van der Waals surface area (Å²) in [7, 11) is -2.89. The fraction of sp³-hybridized carbons (Fsp3) is 0.586. The van der Waals surface area contributed by atoms with Crippen molar-refractivity contribution < 1.29 is 28.9 Å². The molecule has 10 heteroatoms. The van der Waals surface area contributed by atoms with E-state index in [4.69, 9.17) is 0 Å². The third-order valence-corrected chi connectivity index (χ3v) is 10.3. The van der Waals surface area contributed by atoms with Crippen molar-refractivity contribution in [3.05, 3.63) is 64.2 Å². The van der Waals surface area contributed by atoms with E-state index in [2.05, 4.69) is 0 Å². The number of aliphatic carboxylic acids is 2. The maximum absolute atomic E-state index is 13.0. The van der Waals surface area contributed by atoms with Crippen LogP contribution in [0.3, 0.4) is 0 Å². The van der Waals surface area contributed by atoms with Crippen molar-refractivity contribution >= 4 is 33.4 Å². The van der Waals surface area contributed by atoms with Gasteiger partial charge in [-0.3, -0.25) is 19.2 Å². The molecule has 0 aliphatic rings. The Morgan fingerprint density at radius 1 is 0.615 bits per heavy atom. The zero-order valence-electron chi connectivity index (χ0n) is 23.2. The van der Waals surface area contributed by atoms with Gasteiger partial charge in [0.1, 0.15) is 0 Å². The lowest BCUT2D eigenvalue weighted by Crippen LogP contribution is -2.23. The third kappa shape index (κ3) is 9.94. The van der Waals surface area contributed by atoms with Gasteiger partial charge in [0.05, 0.1) is 10.8 Å². The molecule has 0 aliphatic carbocycles. The molecule has 2 N–H and O–H groups in total. The number of carbonyl (C=O) groups is 2. The van der Waals surface area contributed by atoms with E-state index in [1.807, 2.05) is 0 Å². The van der Waals surface area contributed by atoms with E-state index < -0.39 is 44.3 Å². The van der Waals surface area contributed by atoms with E-state index >= 15 is 0 Å². The van der Waals surface area contributed by atoms with Gasteiger partial charge in [0.25, 0.3) is 0 Å². The molecule has 2 aromatic rings. The first kappa shape index (κ1) is 32.8. The van der Waals surface area contributed by atoms with Crippen LogP contribution in [0.4, 0.5) is 0 Å². The third-order valence-electron chi connectivity index (χ3n) is 7.12. The summed E-state index contributed by atoms with van der Waals surface area (Å²) >= 11 is 0. The van der Waals surface area contributed by atoms with Crippen molar-refractivity contribution in [1.82, 2.24) is 0 Å². The average molecular weight is 581 g/mol. The average Bonchev–Trinajstić information content (AvgIpc) is 2.84. The number of hydrogen-bond acceptors (Lipinski definition) is 6. The minimum absolute atomic E-state index is 0.225. The Labute approximate surface area is 235 Å². The smallest absolute Gasteiger partial charge is 0.309 e. The molecule has 0 spiro atoms. The fourth-order valence-electron chi connectivity index (χ4n) is 4.31. The van der Waals surface area contributed by atoms with E-state index in [0.717, 1.165) is 0 Å². The molecule has 0 saturated heterocycles. The minimum atomic E-state index is -1.45. The molecule has 0 aliphatic heterocycles. The van der Waals surface area contributed by atoms with Gasteiger partial charge in [-0.05, 0) is 81.3 Å². The summed E-state index contributed by atoms with van der Waals surface area (Å²) < 4.78 is 26.1. The van der Waals surface area contributed by atoms with E-state index in [9.17, 15) is 38.5 Å². The summed E-state index contributed by atoms with van der Waals surface area (Å²) in [6, 6.07) is 5.56. The lowest BCUT2D eigenvalue weighted by atomic mass is 9.87. The van der Waals surface area contributed by atoms with Crippen molar-refractivity contribution in [2.75, 3.05) is 0 Å². The monoisotopic (exact) mass is 580 g/mol. The molecule has 0 radical (unpaired) electrons. The zero-order valence-corrected chi connectivity index (χ0v) is 24.9. The first-order valence-electron chi connectivity index (χ1n) is 13.3. The quantitative estimate of drug-likeness (QED) is 0.190. The summed E-state index contributed by atoms with van der Waals surface area (Å²) in [5.74, 6) is -1.72. The molecule has 0 bridgehead atoms. The van der Waals surface area contributed by atoms with Crippen molar-refractivity contribution in [3.63, 3.8) is 0 Å². The van der Waals surface area contributed by atoms with Crippen LogP contribution in [0.5, 0.6) is 0 Å². The molecule has 0 saturated carbocycles. The Morgan fingerprint density at radius 3 is 1.18 bits per heavy atom. The summed E-state index contributed by atoms with van der Waals surface area (Å²) in [6.45, 7) is 6.67. The topological polar surface area (TPSA) is 155 Å². The first-order chi connectivity index (χ1) is 18.1. The molecule has 216 valence electrons. The number of carboxylic acid groups (broad SMARTS) is 2. The maximum Gasteiger partial charge on any atom is 0.309 e. The summed E-state index contributed by atoms with van der Waals surface area (Å²) in [5.41, 5.74) is -2.11. The highest BCUT2D eigenvalue weighted by Crippen LogP contribution is 2.31. The second-order valence-corrected chi connectivity index (χ2v) is 14.6. The standard InChI is InChI=1S/C29H40O8S2/c1-28(2,26(32)33)14-7-5-10-22-16-20(30)18-24(38(22)36)12-9-13-25-19-21(31)17-23(39(25)37)11-6-8-15-29(3,4)27(34)35/h16-19H,5-15H2,1-4H3,(H,32,33)(H,34,35). The molecular formula is C29H40O8S2. The molecule has 2 heterocycles. The summed E-state index contributed by atoms with van der Waals surface area (Å²) in [6.07, 6.45) is 5.64. The SMILES string of the molecule is CC(C)(CCCCc1cc(=O)cc(CCCc2cc(=O)cc(CCCCC(C)(C)C(=O)O)[s+]2[O-])[s+]1[O-])C(=O)O. The van der Waals surface area contributed by atoms with Crippen molar-refractivity contribution in [1.29, 1.82) is 0 Å². The second kappa shape index (κ2) is 14.3. The maximum atomic E-state index is 13.0. The number of rotatable bonds is 16. The van der Waals surface area contributed by atoms with Crippen LogP contribution in [0.2, 0.25) is 0 Å². The molecule has 0 amide bonds. The van der Waals surface area contributed by atoms with Crippen LogP contribution in [0.25, 0.3) is 0 Å². The van der Waals surface area contributed by atoms with Crippen LogP contribution in [0.1, 0.15) is 92.1 Å².